The van der Waals surface area contributed by atoms with Gasteiger partial charge in [0.2, 0.25) is 5.91 Å². The van der Waals surface area contributed by atoms with Crippen molar-refractivity contribution in [3.63, 3.8) is 0 Å². The molecule has 0 radical (unpaired) electrons. The minimum Gasteiger partial charge on any atom is -0.378 e. The number of carbonyl (C=O) groups excluding carboxylic acids is 1. The predicted molar refractivity (Wildman–Crippen MR) is 87.6 cm³/mol. The topological polar surface area (TPSA) is 64.8 Å². The molecule has 2 saturated heterocycles. The average Bonchev–Trinajstić information content (AvgIpc) is 3.13. The molecule has 1 atom stereocenters. The number of aromatic nitrogens is 1. The summed E-state index contributed by atoms with van der Waals surface area (Å²) in [7, 11) is 0. The van der Waals surface area contributed by atoms with Crippen molar-refractivity contribution in [2.75, 3.05) is 26.3 Å². The molecule has 0 bridgehead atoms. The third-order valence-electron chi connectivity index (χ3n) is 4.73. The molecule has 2 fully saturated rings. The zero-order chi connectivity index (χ0) is 16.8. The molecule has 24 heavy (non-hydrogen) atoms. The molecule has 3 heterocycles. The van der Waals surface area contributed by atoms with Crippen LogP contribution < -0.4 is 0 Å². The molecule has 6 heteroatoms. The fourth-order valence-corrected chi connectivity index (χ4v) is 3.80. The van der Waals surface area contributed by atoms with Crippen LogP contribution in [0.25, 0.3) is 11.0 Å². The monoisotopic (exact) mass is 330 g/mol. The highest BCUT2D eigenvalue weighted by atomic mass is 16.6. The largest absolute Gasteiger partial charge is 0.378 e. The zero-order valence-corrected chi connectivity index (χ0v) is 14.1. The number of benzene rings is 1. The summed E-state index contributed by atoms with van der Waals surface area (Å²) in [5.41, 5.74) is 0.650. The van der Waals surface area contributed by atoms with Crippen LogP contribution >= 0.6 is 0 Å². The van der Waals surface area contributed by atoms with Crippen LogP contribution in [0.4, 0.5) is 0 Å². The van der Waals surface area contributed by atoms with Crippen LogP contribution in [0, 0.1) is 0 Å². The first kappa shape index (κ1) is 15.6. The molecule has 1 amide bonds. The van der Waals surface area contributed by atoms with E-state index in [0.717, 1.165) is 11.8 Å². The lowest BCUT2D eigenvalue weighted by Gasteiger charge is -2.48. The molecule has 1 aromatic heterocycles. The third kappa shape index (κ3) is 2.80. The van der Waals surface area contributed by atoms with Gasteiger partial charge < -0.3 is 18.9 Å². The number of amides is 1. The summed E-state index contributed by atoms with van der Waals surface area (Å²) >= 11 is 0. The second-order valence-electron chi connectivity index (χ2n) is 7.40. The van der Waals surface area contributed by atoms with Crippen molar-refractivity contribution in [3.05, 3.63) is 30.0 Å². The van der Waals surface area contributed by atoms with Gasteiger partial charge in [0.1, 0.15) is 11.3 Å². The van der Waals surface area contributed by atoms with E-state index in [-0.39, 0.29) is 23.5 Å². The standard InChI is InChI=1S/C18H22N2O4/c1-17(2)10-20(11-18(24-17)7-8-22-12-18)16(21)9-14-13-5-3-4-6-15(13)23-19-14/h3-6H,7-12H2,1-2H3. The number of hydrogen-bond donors (Lipinski definition) is 0. The molecule has 1 unspecified atom stereocenters. The van der Waals surface area contributed by atoms with Crippen molar-refractivity contribution >= 4 is 16.9 Å². The van der Waals surface area contributed by atoms with Gasteiger partial charge in [-0.3, -0.25) is 4.79 Å². The normalized spacial score (nSPS) is 26.3. The molecule has 6 nitrogen and oxygen atoms in total. The molecular weight excluding hydrogens is 308 g/mol. The Morgan fingerprint density at radius 1 is 1.29 bits per heavy atom. The average molecular weight is 330 g/mol. The first-order valence-corrected chi connectivity index (χ1v) is 8.35. The Morgan fingerprint density at radius 2 is 2.12 bits per heavy atom. The van der Waals surface area contributed by atoms with Crippen molar-refractivity contribution < 1.29 is 18.8 Å². The summed E-state index contributed by atoms with van der Waals surface area (Å²) in [4.78, 5) is 14.8. The van der Waals surface area contributed by atoms with E-state index < -0.39 is 0 Å². The highest BCUT2D eigenvalue weighted by Gasteiger charge is 2.47. The van der Waals surface area contributed by atoms with Crippen LogP contribution in [0.3, 0.4) is 0 Å². The van der Waals surface area contributed by atoms with Crippen LogP contribution in [0.15, 0.2) is 28.8 Å². The van der Waals surface area contributed by atoms with E-state index in [1.807, 2.05) is 43.0 Å². The summed E-state index contributed by atoms with van der Waals surface area (Å²) in [5.74, 6) is 0.0525. The minimum atomic E-state index is -0.381. The Bertz CT molecular complexity index is 761. The van der Waals surface area contributed by atoms with Crippen molar-refractivity contribution in [3.8, 4) is 0 Å². The Balaban J connectivity index is 1.55. The summed E-state index contributed by atoms with van der Waals surface area (Å²) < 4.78 is 17.1. The highest BCUT2D eigenvalue weighted by Crippen LogP contribution is 2.35. The van der Waals surface area contributed by atoms with Gasteiger partial charge in [-0.05, 0) is 26.0 Å². The fourth-order valence-electron chi connectivity index (χ4n) is 3.80. The summed E-state index contributed by atoms with van der Waals surface area (Å²) in [6.45, 7) is 6.43. The van der Waals surface area contributed by atoms with Crippen molar-refractivity contribution in [2.45, 2.75) is 37.9 Å². The first-order chi connectivity index (χ1) is 11.5. The van der Waals surface area contributed by atoms with Crippen LogP contribution in [-0.2, 0) is 20.7 Å². The van der Waals surface area contributed by atoms with E-state index in [0.29, 0.717) is 37.6 Å². The molecule has 128 valence electrons. The van der Waals surface area contributed by atoms with Gasteiger partial charge in [0.25, 0.3) is 0 Å². The lowest BCUT2D eigenvalue weighted by Crippen LogP contribution is -2.61. The molecule has 4 rings (SSSR count). The van der Waals surface area contributed by atoms with Crippen LogP contribution in [-0.4, -0.2) is 53.5 Å². The van der Waals surface area contributed by atoms with Gasteiger partial charge in [-0.25, -0.2) is 0 Å². The Labute approximate surface area is 140 Å². The second-order valence-corrected chi connectivity index (χ2v) is 7.40. The van der Waals surface area contributed by atoms with Gasteiger partial charge in [0.05, 0.1) is 25.2 Å². The first-order valence-electron chi connectivity index (χ1n) is 8.35. The molecule has 0 saturated carbocycles. The number of carbonyl (C=O) groups is 1. The lowest BCUT2D eigenvalue weighted by molar-refractivity contribution is -0.199. The highest BCUT2D eigenvalue weighted by molar-refractivity contribution is 5.86. The van der Waals surface area contributed by atoms with Gasteiger partial charge in [-0.1, -0.05) is 17.3 Å². The van der Waals surface area contributed by atoms with Crippen LogP contribution in [0.1, 0.15) is 26.0 Å². The summed E-state index contributed by atoms with van der Waals surface area (Å²) in [5, 5.41) is 4.98. The van der Waals surface area contributed by atoms with Crippen molar-refractivity contribution in [1.82, 2.24) is 10.1 Å². The van der Waals surface area contributed by atoms with Crippen LogP contribution in [0.2, 0.25) is 0 Å². The quantitative estimate of drug-likeness (QED) is 0.844. The summed E-state index contributed by atoms with van der Waals surface area (Å²) in [6.07, 6.45) is 1.07. The van der Waals surface area contributed by atoms with Gasteiger partial charge in [-0.2, -0.15) is 0 Å². The number of ether oxygens (including phenoxy) is 2. The number of nitrogens with zero attached hydrogens (tertiary/aromatic N) is 2. The van der Waals surface area contributed by atoms with E-state index >= 15 is 0 Å². The van der Waals surface area contributed by atoms with Gasteiger partial charge in [0, 0.05) is 25.0 Å². The third-order valence-corrected chi connectivity index (χ3v) is 4.73. The molecule has 0 aliphatic carbocycles. The number of morpholine rings is 1. The van der Waals surface area contributed by atoms with E-state index in [1.165, 1.54) is 0 Å². The number of rotatable bonds is 2. The van der Waals surface area contributed by atoms with Gasteiger partial charge in [0.15, 0.2) is 5.58 Å². The van der Waals surface area contributed by atoms with E-state index in [4.69, 9.17) is 14.0 Å². The Morgan fingerprint density at radius 3 is 2.92 bits per heavy atom. The van der Waals surface area contributed by atoms with Crippen molar-refractivity contribution in [1.29, 1.82) is 0 Å². The van der Waals surface area contributed by atoms with Gasteiger partial charge in [-0.15, -0.1) is 0 Å². The fraction of sp³-hybridized carbons (Fsp3) is 0.556. The van der Waals surface area contributed by atoms with Gasteiger partial charge >= 0.3 is 0 Å². The van der Waals surface area contributed by atoms with E-state index in [9.17, 15) is 4.79 Å². The lowest BCUT2D eigenvalue weighted by atomic mass is 9.94. The molecule has 1 spiro atoms. The zero-order valence-electron chi connectivity index (χ0n) is 14.1. The second kappa shape index (κ2) is 5.57. The maximum Gasteiger partial charge on any atom is 0.228 e. The molecule has 2 aliphatic rings. The molecule has 1 aromatic carbocycles. The molecule has 0 N–H and O–H groups in total. The Kier molecular flexibility index (Phi) is 3.62. The van der Waals surface area contributed by atoms with Crippen LogP contribution in [0.5, 0.6) is 0 Å². The predicted octanol–water partition coefficient (Wildman–Crippen LogP) is 2.17. The van der Waals surface area contributed by atoms with Crippen molar-refractivity contribution in [2.24, 2.45) is 0 Å². The minimum absolute atomic E-state index is 0.0525. The van der Waals surface area contributed by atoms with E-state index in [2.05, 4.69) is 5.16 Å². The number of fused-ring (bicyclic) bond motifs is 1. The maximum absolute atomic E-state index is 12.9. The molecule has 2 aliphatic heterocycles. The smallest absolute Gasteiger partial charge is 0.228 e. The SMILES string of the molecule is CC1(C)CN(C(=O)Cc2noc3ccccc23)CC2(CCOC2)O1. The number of para-hydroxylation sites is 1. The number of hydrogen-bond acceptors (Lipinski definition) is 5. The summed E-state index contributed by atoms with van der Waals surface area (Å²) in [6, 6.07) is 7.62. The molecular formula is C18H22N2O4. The van der Waals surface area contributed by atoms with E-state index in [1.54, 1.807) is 0 Å². The molecule has 2 aromatic rings. The Hall–Kier alpha value is -1.92. The maximum atomic E-state index is 12.9.